The van der Waals surface area contributed by atoms with E-state index in [1.54, 1.807) is 12.1 Å². The molecule has 0 fully saturated rings. The minimum absolute atomic E-state index is 0.199. The summed E-state index contributed by atoms with van der Waals surface area (Å²) in [6.07, 6.45) is 1.00. The zero-order valence-corrected chi connectivity index (χ0v) is 12.2. The molecule has 114 valence electrons. The van der Waals surface area contributed by atoms with Gasteiger partial charge >= 0.3 is 0 Å². The van der Waals surface area contributed by atoms with Crippen molar-refractivity contribution in [2.24, 2.45) is 0 Å². The first-order valence-electron chi connectivity index (χ1n) is 6.82. The summed E-state index contributed by atoms with van der Waals surface area (Å²) < 4.78 is 37.3. The molecule has 0 aliphatic heterocycles. The number of fused-ring (bicyclic) bond motifs is 2. The molecule has 0 heterocycles. The van der Waals surface area contributed by atoms with Gasteiger partial charge in [-0.15, -0.1) is 0 Å². The maximum atomic E-state index is 13.5. The number of aryl methyl sites for hydroxylation is 2. The van der Waals surface area contributed by atoms with Gasteiger partial charge in [0.1, 0.15) is 0 Å². The Morgan fingerprint density at radius 3 is 1.95 bits per heavy atom. The van der Waals surface area contributed by atoms with Crippen LogP contribution in [0.25, 0.3) is 0 Å². The molecule has 0 amide bonds. The zero-order valence-electron chi connectivity index (χ0n) is 12.2. The van der Waals surface area contributed by atoms with Crippen molar-refractivity contribution in [1.29, 1.82) is 0 Å². The van der Waals surface area contributed by atoms with Gasteiger partial charge in [-0.25, -0.2) is 8.78 Å². The van der Waals surface area contributed by atoms with E-state index in [1.165, 1.54) is 14.2 Å². The van der Waals surface area contributed by atoms with Crippen molar-refractivity contribution in [3.8, 4) is 11.5 Å². The van der Waals surface area contributed by atoms with E-state index in [9.17, 15) is 13.6 Å². The van der Waals surface area contributed by atoms with E-state index in [2.05, 4.69) is 0 Å². The van der Waals surface area contributed by atoms with Crippen molar-refractivity contribution < 1.29 is 23.0 Å². The standard InChI is InChI=1S/C17H14F2O3/c1-21-15-6-10-4-3-9-5-13(18)14(19)7-11(9)17(20)12(10)8-16(15)22-2/h5-8H,3-4H2,1-2H3. The Bertz CT molecular complexity index is 769. The lowest BCUT2D eigenvalue weighted by Gasteiger charge is -2.12. The average Bonchev–Trinajstić information content (AvgIpc) is 2.65. The van der Waals surface area contributed by atoms with Crippen LogP contribution in [0, 0.1) is 11.6 Å². The largest absolute Gasteiger partial charge is 0.493 e. The van der Waals surface area contributed by atoms with Gasteiger partial charge in [0.15, 0.2) is 28.9 Å². The molecule has 0 aromatic heterocycles. The molecular formula is C17H14F2O3. The van der Waals surface area contributed by atoms with Gasteiger partial charge in [-0.3, -0.25) is 4.79 Å². The number of benzene rings is 2. The Morgan fingerprint density at radius 1 is 0.818 bits per heavy atom. The maximum Gasteiger partial charge on any atom is 0.193 e. The lowest BCUT2D eigenvalue weighted by atomic mass is 9.98. The topological polar surface area (TPSA) is 35.5 Å². The van der Waals surface area contributed by atoms with Gasteiger partial charge in [0.25, 0.3) is 0 Å². The molecule has 22 heavy (non-hydrogen) atoms. The van der Waals surface area contributed by atoms with Crippen LogP contribution >= 0.6 is 0 Å². The molecule has 1 aliphatic rings. The average molecular weight is 304 g/mol. The molecular weight excluding hydrogens is 290 g/mol. The van der Waals surface area contributed by atoms with Crippen LogP contribution in [0.3, 0.4) is 0 Å². The van der Waals surface area contributed by atoms with Crippen molar-refractivity contribution in [2.45, 2.75) is 12.8 Å². The highest BCUT2D eigenvalue weighted by Gasteiger charge is 2.25. The van der Waals surface area contributed by atoms with Crippen molar-refractivity contribution in [2.75, 3.05) is 14.2 Å². The van der Waals surface area contributed by atoms with Gasteiger partial charge in [0.2, 0.25) is 0 Å². The first-order valence-corrected chi connectivity index (χ1v) is 6.82. The lowest BCUT2D eigenvalue weighted by molar-refractivity contribution is 0.103. The predicted molar refractivity (Wildman–Crippen MR) is 76.7 cm³/mol. The molecule has 0 atom stereocenters. The molecule has 0 spiro atoms. The Balaban J connectivity index is 2.19. The summed E-state index contributed by atoms with van der Waals surface area (Å²) in [5, 5.41) is 0. The first-order chi connectivity index (χ1) is 10.5. The minimum atomic E-state index is -1.02. The van der Waals surface area contributed by atoms with Crippen molar-refractivity contribution in [1.82, 2.24) is 0 Å². The normalized spacial score (nSPS) is 13.2. The van der Waals surface area contributed by atoms with Crippen LogP contribution in [-0.4, -0.2) is 20.0 Å². The monoisotopic (exact) mass is 304 g/mol. The summed E-state index contributed by atoms with van der Waals surface area (Å²) >= 11 is 0. The molecule has 2 aromatic carbocycles. The van der Waals surface area contributed by atoms with Gasteiger partial charge in [-0.1, -0.05) is 0 Å². The second-order valence-corrected chi connectivity index (χ2v) is 5.12. The van der Waals surface area contributed by atoms with Gasteiger partial charge in [-0.05, 0) is 48.2 Å². The molecule has 0 unspecified atom stereocenters. The molecule has 0 N–H and O–H groups in total. The maximum absolute atomic E-state index is 13.5. The van der Waals surface area contributed by atoms with E-state index in [0.29, 0.717) is 35.5 Å². The summed E-state index contributed by atoms with van der Waals surface area (Å²) in [7, 11) is 3.00. The zero-order chi connectivity index (χ0) is 15.9. The van der Waals surface area contributed by atoms with Gasteiger partial charge < -0.3 is 9.47 Å². The highest BCUT2D eigenvalue weighted by molar-refractivity contribution is 6.11. The van der Waals surface area contributed by atoms with Crippen LogP contribution in [0.15, 0.2) is 24.3 Å². The van der Waals surface area contributed by atoms with E-state index < -0.39 is 11.6 Å². The van der Waals surface area contributed by atoms with E-state index in [-0.39, 0.29) is 11.3 Å². The third-order valence-electron chi connectivity index (χ3n) is 3.91. The second kappa shape index (κ2) is 5.40. The Morgan fingerprint density at radius 2 is 1.32 bits per heavy atom. The number of rotatable bonds is 2. The van der Waals surface area contributed by atoms with Crippen LogP contribution in [0.5, 0.6) is 11.5 Å². The van der Waals surface area contributed by atoms with Gasteiger partial charge in [-0.2, -0.15) is 0 Å². The number of carbonyl (C=O) groups is 1. The fraction of sp³-hybridized carbons (Fsp3) is 0.235. The number of hydrogen-bond donors (Lipinski definition) is 0. The molecule has 0 bridgehead atoms. The first kappa shape index (κ1) is 14.5. The minimum Gasteiger partial charge on any atom is -0.493 e. The SMILES string of the molecule is COc1cc2c(cc1OC)C(=O)c1cc(F)c(F)cc1CC2. The second-order valence-electron chi connectivity index (χ2n) is 5.12. The molecule has 0 radical (unpaired) electrons. The van der Waals surface area contributed by atoms with E-state index >= 15 is 0 Å². The third kappa shape index (κ3) is 2.22. The lowest BCUT2D eigenvalue weighted by Crippen LogP contribution is -2.07. The van der Waals surface area contributed by atoms with Gasteiger partial charge in [0, 0.05) is 11.1 Å². The Labute approximate surface area is 126 Å². The van der Waals surface area contributed by atoms with Crippen LogP contribution in [0.4, 0.5) is 8.78 Å². The highest BCUT2D eigenvalue weighted by atomic mass is 19.2. The fourth-order valence-electron chi connectivity index (χ4n) is 2.76. The van der Waals surface area contributed by atoms with Crippen LogP contribution in [-0.2, 0) is 12.8 Å². The van der Waals surface area contributed by atoms with Crippen molar-refractivity contribution in [3.63, 3.8) is 0 Å². The molecule has 3 rings (SSSR count). The predicted octanol–water partition coefficient (Wildman–Crippen LogP) is 3.31. The molecule has 1 aliphatic carbocycles. The van der Waals surface area contributed by atoms with Gasteiger partial charge in [0.05, 0.1) is 14.2 Å². The quantitative estimate of drug-likeness (QED) is 0.854. The molecule has 5 heteroatoms. The number of ether oxygens (including phenoxy) is 2. The summed E-state index contributed by atoms with van der Waals surface area (Å²) in [5.41, 5.74) is 1.92. The highest BCUT2D eigenvalue weighted by Crippen LogP contribution is 2.34. The Hall–Kier alpha value is -2.43. The number of carbonyl (C=O) groups excluding carboxylic acids is 1. The summed E-state index contributed by atoms with van der Waals surface area (Å²) in [6, 6.07) is 5.40. The molecule has 0 saturated carbocycles. The number of methoxy groups -OCH3 is 2. The fourth-order valence-corrected chi connectivity index (χ4v) is 2.76. The Kier molecular flexibility index (Phi) is 3.56. The number of halogens is 2. The smallest absolute Gasteiger partial charge is 0.193 e. The van der Waals surface area contributed by atoms with E-state index in [1.807, 2.05) is 0 Å². The summed E-state index contributed by atoms with van der Waals surface area (Å²) in [5.74, 6) is -1.33. The van der Waals surface area contributed by atoms with Crippen LogP contribution < -0.4 is 9.47 Å². The molecule has 3 nitrogen and oxygen atoms in total. The van der Waals surface area contributed by atoms with Crippen molar-refractivity contribution in [3.05, 3.63) is 58.2 Å². The number of hydrogen-bond acceptors (Lipinski definition) is 3. The van der Waals surface area contributed by atoms with E-state index in [4.69, 9.17) is 9.47 Å². The third-order valence-corrected chi connectivity index (χ3v) is 3.91. The van der Waals surface area contributed by atoms with Crippen LogP contribution in [0.2, 0.25) is 0 Å². The van der Waals surface area contributed by atoms with E-state index in [0.717, 1.165) is 17.7 Å². The summed E-state index contributed by atoms with van der Waals surface area (Å²) in [4.78, 5) is 12.7. The number of ketones is 1. The van der Waals surface area contributed by atoms with Crippen LogP contribution in [0.1, 0.15) is 27.0 Å². The molecule has 2 aromatic rings. The van der Waals surface area contributed by atoms with Crippen molar-refractivity contribution >= 4 is 5.78 Å². The molecule has 0 saturated heterocycles. The summed E-state index contributed by atoms with van der Waals surface area (Å²) in [6.45, 7) is 0.